The molecular formula is C21H36O3. The van der Waals surface area contributed by atoms with Crippen LogP contribution in [0.3, 0.4) is 0 Å². The molecule has 0 saturated carbocycles. The molecule has 1 atom stereocenters. The molecule has 3 nitrogen and oxygen atoms in total. The second kappa shape index (κ2) is 14.4. The first-order valence-corrected chi connectivity index (χ1v) is 9.68. The summed E-state index contributed by atoms with van der Waals surface area (Å²) in [6.45, 7) is 8.43. The van der Waals surface area contributed by atoms with Crippen molar-refractivity contribution in [1.82, 2.24) is 0 Å². The summed E-state index contributed by atoms with van der Waals surface area (Å²) >= 11 is 0. The third-order valence-corrected chi connectivity index (χ3v) is 4.20. The standard InChI is InChI=1S/C21H36O3/c1-4-20(24-18-19-14-10-9-11-15-19)16-12-7-8-13-17-21(22-5-2)23-6-3/h9-11,14-15,20-21H,4-8,12-13,16-18H2,1-3H3. The Bertz CT molecular complexity index is 374. The van der Waals surface area contributed by atoms with Gasteiger partial charge in [0.1, 0.15) is 0 Å². The van der Waals surface area contributed by atoms with E-state index in [2.05, 4.69) is 31.2 Å². The highest BCUT2D eigenvalue weighted by Crippen LogP contribution is 2.15. The highest BCUT2D eigenvalue weighted by molar-refractivity contribution is 5.13. The molecule has 0 aliphatic heterocycles. The van der Waals surface area contributed by atoms with Crippen LogP contribution in [0, 0.1) is 0 Å². The average molecular weight is 337 g/mol. The largest absolute Gasteiger partial charge is 0.374 e. The van der Waals surface area contributed by atoms with E-state index in [9.17, 15) is 0 Å². The smallest absolute Gasteiger partial charge is 0.157 e. The molecule has 1 aromatic carbocycles. The fourth-order valence-electron chi connectivity index (χ4n) is 2.82. The molecule has 3 heteroatoms. The van der Waals surface area contributed by atoms with Gasteiger partial charge in [-0.1, -0.05) is 56.5 Å². The van der Waals surface area contributed by atoms with Gasteiger partial charge >= 0.3 is 0 Å². The van der Waals surface area contributed by atoms with Crippen LogP contribution in [-0.4, -0.2) is 25.6 Å². The number of ether oxygens (including phenoxy) is 3. The van der Waals surface area contributed by atoms with Gasteiger partial charge in [-0.05, 0) is 45.1 Å². The Kier molecular flexibility index (Phi) is 12.7. The van der Waals surface area contributed by atoms with E-state index < -0.39 is 0 Å². The molecule has 0 bridgehead atoms. The molecular weight excluding hydrogens is 300 g/mol. The zero-order valence-corrected chi connectivity index (χ0v) is 15.8. The third kappa shape index (κ3) is 10.1. The lowest BCUT2D eigenvalue weighted by molar-refractivity contribution is -0.140. The van der Waals surface area contributed by atoms with Crippen LogP contribution in [0.1, 0.15) is 71.3 Å². The minimum Gasteiger partial charge on any atom is -0.374 e. The van der Waals surface area contributed by atoms with Gasteiger partial charge < -0.3 is 14.2 Å². The van der Waals surface area contributed by atoms with Crippen LogP contribution >= 0.6 is 0 Å². The van der Waals surface area contributed by atoms with Crippen LogP contribution in [-0.2, 0) is 20.8 Å². The van der Waals surface area contributed by atoms with Gasteiger partial charge in [0.25, 0.3) is 0 Å². The normalized spacial score (nSPS) is 12.7. The van der Waals surface area contributed by atoms with Crippen molar-refractivity contribution in [3.63, 3.8) is 0 Å². The lowest BCUT2D eigenvalue weighted by Crippen LogP contribution is -2.17. The fraction of sp³-hybridized carbons (Fsp3) is 0.714. The van der Waals surface area contributed by atoms with E-state index in [1.54, 1.807) is 0 Å². The van der Waals surface area contributed by atoms with Crippen molar-refractivity contribution < 1.29 is 14.2 Å². The summed E-state index contributed by atoms with van der Waals surface area (Å²) < 4.78 is 17.2. The zero-order chi connectivity index (χ0) is 17.5. The van der Waals surface area contributed by atoms with Gasteiger partial charge in [0, 0.05) is 13.2 Å². The van der Waals surface area contributed by atoms with E-state index in [0.29, 0.717) is 6.10 Å². The Labute approximate surface area is 148 Å². The molecule has 0 N–H and O–H groups in total. The van der Waals surface area contributed by atoms with E-state index in [0.717, 1.165) is 39.1 Å². The predicted molar refractivity (Wildman–Crippen MR) is 100 cm³/mol. The summed E-state index contributed by atoms with van der Waals surface area (Å²) in [6.07, 6.45) is 8.52. The SMILES string of the molecule is CCOC(CCCCCCC(CC)OCc1ccccc1)OCC. The van der Waals surface area contributed by atoms with Crippen LogP contribution in [0.5, 0.6) is 0 Å². The van der Waals surface area contributed by atoms with Gasteiger partial charge in [-0.3, -0.25) is 0 Å². The Morgan fingerprint density at radius 2 is 1.38 bits per heavy atom. The number of rotatable bonds is 15. The topological polar surface area (TPSA) is 27.7 Å². The summed E-state index contributed by atoms with van der Waals surface area (Å²) in [4.78, 5) is 0. The van der Waals surface area contributed by atoms with Crippen molar-refractivity contribution >= 4 is 0 Å². The van der Waals surface area contributed by atoms with Gasteiger partial charge in [-0.2, -0.15) is 0 Å². The van der Waals surface area contributed by atoms with E-state index in [-0.39, 0.29) is 6.29 Å². The monoisotopic (exact) mass is 336 g/mol. The average Bonchev–Trinajstić information content (AvgIpc) is 2.61. The van der Waals surface area contributed by atoms with Crippen molar-refractivity contribution in [2.24, 2.45) is 0 Å². The molecule has 1 unspecified atom stereocenters. The number of hydrogen-bond donors (Lipinski definition) is 0. The van der Waals surface area contributed by atoms with E-state index in [1.807, 2.05) is 19.9 Å². The van der Waals surface area contributed by atoms with Crippen LogP contribution in [0.4, 0.5) is 0 Å². The Balaban J connectivity index is 2.07. The third-order valence-electron chi connectivity index (χ3n) is 4.20. The number of hydrogen-bond acceptors (Lipinski definition) is 3. The molecule has 0 fully saturated rings. The van der Waals surface area contributed by atoms with Gasteiger partial charge in [0.15, 0.2) is 6.29 Å². The van der Waals surface area contributed by atoms with Crippen molar-refractivity contribution in [1.29, 1.82) is 0 Å². The molecule has 0 aliphatic rings. The van der Waals surface area contributed by atoms with E-state index >= 15 is 0 Å². The van der Waals surface area contributed by atoms with Crippen LogP contribution in [0.15, 0.2) is 30.3 Å². The highest BCUT2D eigenvalue weighted by Gasteiger charge is 2.09. The zero-order valence-electron chi connectivity index (χ0n) is 15.8. The van der Waals surface area contributed by atoms with E-state index in [1.165, 1.54) is 31.2 Å². The first kappa shape index (κ1) is 21.1. The second-order valence-electron chi connectivity index (χ2n) is 6.16. The van der Waals surface area contributed by atoms with Crippen LogP contribution in [0.2, 0.25) is 0 Å². The van der Waals surface area contributed by atoms with Crippen molar-refractivity contribution in [2.45, 2.75) is 84.7 Å². The molecule has 0 saturated heterocycles. The fourth-order valence-corrected chi connectivity index (χ4v) is 2.82. The molecule has 1 aromatic rings. The minimum absolute atomic E-state index is 0.0161. The van der Waals surface area contributed by atoms with Crippen molar-refractivity contribution in [2.75, 3.05) is 13.2 Å². The summed E-state index contributed by atoms with van der Waals surface area (Å²) in [5, 5.41) is 0. The summed E-state index contributed by atoms with van der Waals surface area (Å²) in [6, 6.07) is 10.4. The van der Waals surface area contributed by atoms with Gasteiger partial charge in [0.2, 0.25) is 0 Å². The maximum atomic E-state index is 6.05. The van der Waals surface area contributed by atoms with Gasteiger partial charge in [0.05, 0.1) is 12.7 Å². The molecule has 138 valence electrons. The molecule has 0 radical (unpaired) electrons. The van der Waals surface area contributed by atoms with Crippen molar-refractivity contribution in [3.8, 4) is 0 Å². The first-order chi connectivity index (χ1) is 11.8. The molecule has 0 aliphatic carbocycles. The Hall–Kier alpha value is -0.900. The molecule has 0 aromatic heterocycles. The molecule has 1 rings (SSSR count). The van der Waals surface area contributed by atoms with Crippen LogP contribution in [0.25, 0.3) is 0 Å². The number of unbranched alkanes of at least 4 members (excludes halogenated alkanes) is 3. The highest BCUT2D eigenvalue weighted by atomic mass is 16.7. The Morgan fingerprint density at radius 3 is 1.96 bits per heavy atom. The van der Waals surface area contributed by atoms with Gasteiger partial charge in [-0.25, -0.2) is 0 Å². The lowest BCUT2D eigenvalue weighted by Gasteiger charge is -2.17. The summed E-state index contributed by atoms with van der Waals surface area (Å²) in [5.41, 5.74) is 1.26. The maximum absolute atomic E-state index is 6.05. The Morgan fingerprint density at radius 1 is 0.750 bits per heavy atom. The molecule has 0 spiro atoms. The molecule has 0 amide bonds. The molecule has 24 heavy (non-hydrogen) atoms. The second-order valence-corrected chi connectivity index (χ2v) is 6.16. The summed E-state index contributed by atoms with van der Waals surface area (Å²) in [5.74, 6) is 0. The quantitative estimate of drug-likeness (QED) is 0.303. The van der Waals surface area contributed by atoms with Crippen molar-refractivity contribution in [3.05, 3.63) is 35.9 Å². The number of benzene rings is 1. The van der Waals surface area contributed by atoms with E-state index in [4.69, 9.17) is 14.2 Å². The minimum atomic E-state index is -0.0161. The lowest BCUT2D eigenvalue weighted by atomic mass is 10.1. The van der Waals surface area contributed by atoms with Crippen LogP contribution < -0.4 is 0 Å². The van der Waals surface area contributed by atoms with Gasteiger partial charge in [-0.15, -0.1) is 0 Å². The predicted octanol–water partition coefficient (Wildman–Crippen LogP) is 5.72. The molecule has 0 heterocycles. The maximum Gasteiger partial charge on any atom is 0.157 e. The first-order valence-electron chi connectivity index (χ1n) is 9.68. The summed E-state index contributed by atoms with van der Waals surface area (Å²) in [7, 11) is 0.